The van der Waals surface area contributed by atoms with Crippen LogP contribution in [0.15, 0.2) is 66.9 Å². The van der Waals surface area contributed by atoms with E-state index in [1.54, 1.807) is 12.3 Å². The lowest BCUT2D eigenvalue weighted by atomic mass is 10.1. The van der Waals surface area contributed by atoms with Gasteiger partial charge in [-0.15, -0.1) is 0 Å². The minimum atomic E-state index is -0.193. The van der Waals surface area contributed by atoms with E-state index in [4.69, 9.17) is 11.6 Å². The molecule has 6 heteroatoms. The van der Waals surface area contributed by atoms with Crippen molar-refractivity contribution in [2.45, 2.75) is 6.92 Å². The molecule has 2 heterocycles. The van der Waals surface area contributed by atoms with Gasteiger partial charge in [0.15, 0.2) is 0 Å². The molecule has 5 rings (SSSR count). The third kappa shape index (κ3) is 3.04. The van der Waals surface area contributed by atoms with Gasteiger partial charge in [0.1, 0.15) is 5.82 Å². The van der Waals surface area contributed by atoms with Crippen LogP contribution in [-0.2, 0) is 7.05 Å². The molecule has 0 atom stereocenters. The van der Waals surface area contributed by atoms with E-state index < -0.39 is 0 Å². The van der Waals surface area contributed by atoms with Crippen LogP contribution in [0.25, 0.3) is 33.1 Å². The number of anilines is 1. The van der Waals surface area contributed by atoms with Gasteiger partial charge in [0.25, 0.3) is 5.91 Å². The molecule has 1 amide bonds. The average molecular weight is 415 g/mol. The minimum absolute atomic E-state index is 0.193. The fourth-order valence-electron chi connectivity index (χ4n) is 3.84. The Balaban J connectivity index is 1.54. The van der Waals surface area contributed by atoms with Crippen LogP contribution in [0, 0.1) is 6.92 Å². The Morgan fingerprint density at radius 1 is 1.07 bits per heavy atom. The van der Waals surface area contributed by atoms with Gasteiger partial charge in [0.05, 0.1) is 23.0 Å². The smallest absolute Gasteiger partial charge is 0.257 e. The maximum atomic E-state index is 13.1. The monoisotopic (exact) mass is 414 g/mol. The van der Waals surface area contributed by atoms with E-state index in [9.17, 15) is 4.79 Å². The third-order valence-corrected chi connectivity index (χ3v) is 5.68. The molecule has 2 aromatic heterocycles. The molecule has 148 valence electrons. The largest absolute Gasteiger partial charge is 0.354 e. The lowest BCUT2D eigenvalue weighted by Crippen LogP contribution is -2.12. The summed E-state index contributed by atoms with van der Waals surface area (Å²) in [6.07, 6.45) is 1.80. The Morgan fingerprint density at radius 3 is 2.67 bits per heavy atom. The van der Waals surface area contributed by atoms with Gasteiger partial charge in [-0.05, 0) is 37.3 Å². The first-order chi connectivity index (χ1) is 14.5. The quantitative estimate of drug-likeness (QED) is 0.384. The van der Waals surface area contributed by atoms with Gasteiger partial charge in [-0.3, -0.25) is 4.79 Å². The topological polar surface area (TPSA) is 62.7 Å². The molecule has 5 nitrogen and oxygen atoms in total. The van der Waals surface area contributed by atoms with E-state index in [0.717, 1.165) is 38.9 Å². The number of nitrogens with one attached hydrogen (secondary N) is 2. The van der Waals surface area contributed by atoms with E-state index in [2.05, 4.69) is 21.4 Å². The Kier molecular flexibility index (Phi) is 4.33. The van der Waals surface area contributed by atoms with Crippen molar-refractivity contribution in [1.82, 2.24) is 14.5 Å². The van der Waals surface area contributed by atoms with Crippen molar-refractivity contribution in [3.05, 3.63) is 83.3 Å². The summed E-state index contributed by atoms with van der Waals surface area (Å²) in [5.41, 5.74) is 4.87. The molecule has 3 aromatic carbocycles. The summed E-state index contributed by atoms with van der Waals surface area (Å²) in [4.78, 5) is 20.9. The van der Waals surface area contributed by atoms with E-state index in [1.807, 2.05) is 67.1 Å². The number of aromatic amines is 1. The highest BCUT2D eigenvalue weighted by Gasteiger charge is 2.15. The minimum Gasteiger partial charge on any atom is -0.354 e. The number of aromatic nitrogens is 3. The third-order valence-electron chi connectivity index (χ3n) is 5.46. The predicted octanol–water partition coefficient (Wildman–Crippen LogP) is 5.94. The molecular weight excluding hydrogens is 396 g/mol. The summed E-state index contributed by atoms with van der Waals surface area (Å²) in [5.74, 6) is 0.711. The number of rotatable bonds is 3. The summed E-state index contributed by atoms with van der Waals surface area (Å²) >= 11 is 6.35. The molecule has 2 N–H and O–H groups in total. The molecule has 0 bridgehead atoms. The highest BCUT2D eigenvalue weighted by atomic mass is 35.5. The van der Waals surface area contributed by atoms with Crippen molar-refractivity contribution in [3.8, 4) is 11.3 Å². The summed E-state index contributed by atoms with van der Waals surface area (Å²) in [6, 6.07) is 19.3. The molecule has 0 aliphatic heterocycles. The van der Waals surface area contributed by atoms with Crippen LogP contribution < -0.4 is 5.32 Å². The van der Waals surface area contributed by atoms with Gasteiger partial charge < -0.3 is 14.9 Å². The van der Waals surface area contributed by atoms with Gasteiger partial charge in [0, 0.05) is 39.6 Å². The van der Waals surface area contributed by atoms with Crippen molar-refractivity contribution in [2.75, 3.05) is 5.32 Å². The molecule has 0 unspecified atom stereocenters. The number of benzene rings is 3. The van der Waals surface area contributed by atoms with Crippen molar-refractivity contribution in [1.29, 1.82) is 0 Å². The van der Waals surface area contributed by atoms with Gasteiger partial charge >= 0.3 is 0 Å². The molecule has 0 saturated carbocycles. The molecule has 0 aliphatic rings. The number of carbonyl (C=O) groups is 1. The Morgan fingerprint density at radius 2 is 1.87 bits per heavy atom. The summed E-state index contributed by atoms with van der Waals surface area (Å²) < 4.78 is 1.99. The average Bonchev–Trinajstić information content (AvgIpc) is 3.27. The number of imidazole rings is 1. The van der Waals surface area contributed by atoms with Gasteiger partial charge in [-0.25, -0.2) is 4.98 Å². The molecule has 0 radical (unpaired) electrons. The van der Waals surface area contributed by atoms with Crippen LogP contribution in [0.2, 0.25) is 5.02 Å². The molecule has 0 saturated heterocycles. The Hall–Kier alpha value is -3.57. The number of fused-ring (bicyclic) bond motifs is 3. The summed E-state index contributed by atoms with van der Waals surface area (Å²) in [6.45, 7) is 1.94. The Bertz CT molecular complexity index is 1430. The number of amides is 1. The molecular formula is C24H19ClN4O. The standard InChI is InChI=1S/C24H19ClN4O/c1-14-26-13-22(29(14)2)15-10-16(25)12-17(11-15)27-24(30)20-8-5-7-19-18-6-3-4-9-21(18)28-23(19)20/h3-13,28H,1-2H3,(H,27,30). The molecule has 0 fully saturated rings. The van der Waals surface area contributed by atoms with Crippen molar-refractivity contribution in [3.63, 3.8) is 0 Å². The fourth-order valence-corrected chi connectivity index (χ4v) is 4.08. The maximum absolute atomic E-state index is 13.1. The molecule has 30 heavy (non-hydrogen) atoms. The highest BCUT2D eigenvalue weighted by molar-refractivity contribution is 6.31. The van der Waals surface area contributed by atoms with E-state index in [-0.39, 0.29) is 5.91 Å². The second-order valence-electron chi connectivity index (χ2n) is 7.33. The molecule has 5 aromatic rings. The second kappa shape index (κ2) is 7.04. The highest BCUT2D eigenvalue weighted by Crippen LogP contribution is 2.30. The first kappa shape index (κ1) is 18.5. The van der Waals surface area contributed by atoms with Crippen LogP contribution in [0.3, 0.4) is 0 Å². The van der Waals surface area contributed by atoms with Crippen LogP contribution in [0.4, 0.5) is 5.69 Å². The van der Waals surface area contributed by atoms with Gasteiger partial charge in [-0.2, -0.15) is 0 Å². The maximum Gasteiger partial charge on any atom is 0.257 e. The van der Waals surface area contributed by atoms with E-state index in [1.165, 1.54) is 0 Å². The number of aryl methyl sites for hydroxylation is 1. The van der Waals surface area contributed by atoms with Crippen molar-refractivity contribution < 1.29 is 4.79 Å². The van der Waals surface area contributed by atoms with Crippen LogP contribution in [0.5, 0.6) is 0 Å². The van der Waals surface area contributed by atoms with Gasteiger partial charge in [0.2, 0.25) is 0 Å². The van der Waals surface area contributed by atoms with Crippen LogP contribution in [-0.4, -0.2) is 20.4 Å². The predicted molar refractivity (Wildman–Crippen MR) is 122 cm³/mol. The number of hydrogen-bond acceptors (Lipinski definition) is 2. The Labute approximate surface area is 178 Å². The number of carbonyl (C=O) groups excluding carboxylic acids is 1. The number of halogens is 1. The first-order valence-corrected chi connectivity index (χ1v) is 9.99. The zero-order valence-electron chi connectivity index (χ0n) is 16.5. The zero-order valence-corrected chi connectivity index (χ0v) is 17.3. The van der Waals surface area contributed by atoms with Crippen molar-refractivity contribution >= 4 is 45.0 Å². The normalized spacial score (nSPS) is 11.3. The SMILES string of the molecule is Cc1ncc(-c2cc(Cl)cc(NC(=O)c3cccc4c3[nH]c3ccccc34)c2)n1C. The summed E-state index contributed by atoms with van der Waals surface area (Å²) in [7, 11) is 1.95. The lowest BCUT2D eigenvalue weighted by Gasteiger charge is -2.10. The summed E-state index contributed by atoms with van der Waals surface area (Å²) in [5, 5.41) is 5.67. The first-order valence-electron chi connectivity index (χ1n) is 9.61. The lowest BCUT2D eigenvalue weighted by molar-refractivity contribution is 0.102. The fraction of sp³-hybridized carbons (Fsp3) is 0.0833. The van der Waals surface area contributed by atoms with Crippen molar-refractivity contribution in [2.24, 2.45) is 7.05 Å². The number of H-pyrrole nitrogens is 1. The van der Waals surface area contributed by atoms with E-state index in [0.29, 0.717) is 16.3 Å². The molecule has 0 spiro atoms. The van der Waals surface area contributed by atoms with Crippen LogP contribution >= 0.6 is 11.6 Å². The number of hydrogen-bond donors (Lipinski definition) is 2. The van der Waals surface area contributed by atoms with Gasteiger partial charge in [-0.1, -0.05) is 41.9 Å². The number of para-hydroxylation sites is 2. The number of nitrogens with zero attached hydrogens (tertiary/aromatic N) is 2. The zero-order chi connectivity index (χ0) is 20.8. The van der Waals surface area contributed by atoms with E-state index >= 15 is 0 Å². The second-order valence-corrected chi connectivity index (χ2v) is 7.77. The molecule has 0 aliphatic carbocycles. The van der Waals surface area contributed by atoms with Crippen LogP contribution in [0.1, 0.15) is 16.2 Å².